The first-order valence-corrected chi connectivity index (χ1v) is 7.53. The van der Waals surface area contributed by atoms with E-state index in [1.54, 1.807) is 0 Å². The van der Waals surface area contributed by atoms with Crippen molar-refractivity contribution in [3.63, 3.8) is 0 Å². The Balaban J connectivity index is 1.94. The maximum atomic E-state index is 12.2. The van der Waals surface area contributed by atoms with E-state index >= 15 is 0 Å². The van der Waals surface area contributed by atoms with Crippen LogP contribution in [0.15, 0.2) is 24.3 Å². The zero-order chi connectivity index (χ0) is 14.7. The predicted octanol–water partition coefficient (Wildman–Crippen LogP) is 3.74. The summed E-state index contributed by atoms with van der Waals surface area (Å²) in [6.07, 6.45) is 3.20. The zero-order valence-corrected chi connectivity index (χ0v) is 12.6. The lowest BCUT2D eigenvalue weighted by molar-refractivity contribution is -0.153. The van der Waals surface area contributed by atoms with Gasteiger partial charge in [0.25, 0.3) is 0 Å². The van der Waals surface area contributed by atoms with Crippen LogP contribution in [0.3, 0.4) is 0 Å². The average molecular weight is 275 g/mol. The van der Waals surface area contributed by atoms with Gasteiger partial charge in [0.05, 0.1) is 5.92 Å². The monoisotopic (exact) mass is 275 g/mol. The summed E-state index contributed by atoms with van der Waals surface area (Å²) in [6.45, 7) is 6.40. The number of carbonyl (C=O) groups is 1. The molecule has 0 heterocycles. The highest BCUT2D eigenvalue weighted by molar-refractivity contribution is 5.78. The largest absolute Gasteiger partial charge is 0.462 e. The van der Waals surface area contributed by atoms with E-state index in [4.69, 9.17) is 10.5 Å². The lowest BCUT2D eigenvalue weighted by Gasteiger charge is -2.32. The van der Waals surface area contributed by atoms with Crippen molar-refractivity contribution < 1.29 is 9.53 Å². The quantitative estimate of drug-likeness (QED) is 0.675. The summed E-state index contributed by atoms with van der Waals surface area (Å²) < 4.78 is 5.69. The maximum Gasteiger partial charge on any atom is 0.313 e. The molecular weight excluding hydrogens is 250 g/mol. The van der Waals surface area contributed by atoms with Gasteiger partial charge in [-0.05, 0) is 55.7 Å². The molecule has 0 saturated heterocycles. The summed E-state index contributed by atoms with van der Waals surface area (Å²) in [7, 11) is 0. The maximum absolute atomic E-state index is 12.2. The second-order valence-corrected chi connectivity index (χ2v) is 6.22. The van der Waals surface area contributed by atoms with Crippen LogP contribution in [0.5, 0.6) is 0 Å². The van der Waals surface area contributed by atoms with Gasteiger partial charge in [0.1, 0.15) is 6.10 Å². The average Bonchev–Trinajstić information content (AvgIpc) is 2.42. The van der Waals surface area contributed by atoms with E-state index in [9.17, 15) is 4.79 Å². The molecule has 4 atom stereocenters. The van der Waals surface area contributed by atoms with E-state index in [0.717, 1.165) is 30.7 Å². The molecule has 1 fully saturated rings. The molecule has 1 aliphatic rings. The molecule has 2 rings (SSSR count). The van der Waals surface area contributed by atoms with E-state index < -0.39 is 0 Å². The van der Waals surface area contributed by atoms with Gasteiger partial charge < -0.3 is 10.5 Å². The molecule has 110 valence electrons. The normalized spacial score (nSPS) is 27.9. The Bertz CT molecular complexity index is 472. The van der Waals surface area contributed by atoms with Crippen molar-refractivity contribution in [2.24, 2.45) is 11.8 Å². The highest BCUT2D eigenvalue weighted by Gasteiger charge is 2.28. The second-order valence-electron chi connectivity index (χ2n) is 6.22. The van der Waals surface area contributed by atoms with Gasteiger partial charge in [-0.1, -0.05) is 26.0 Å². The summed E-state index contributed by atoms with van der Waals surface area (Å²) in [5.74, 6) is 0.969. The molecule has 0 radical (unpaired) electrons. The molecule has 2 N–H and O–H groups in total. The summed E-state index contributed by atoms with van der Waals surface area (Å²) in [6, 6.07) is 7.47. The zero-order valence-electron chi connectivity index (χ0n) is 12.6. The Labute approximate surface area is 121 Å². The van der Waals surface area contributed by atoms with Gasteiger partial charge in [-0.2, -0.15) is 0 Å². The minimum atomic E-state index is -0.256. The van der Waals surface area contributed by atoms with E-state index in [1.165, 1.54) is 0 Å². The number of nitrogen functional groups attached to an aromatic ring is 1. The Morgan fingerprint density at radius 3 is 2.70 bits per heavy atom. The number of benzene rings is 1. The molecule has 3 heteroatoms. The van der Waals surface area contributed by atoms with Crippen molar-refractivity contribution in [3.05, 3.63) is 29.8 Å². The predicted molar refractivity (Wildman–Crippen MR) is 81.3 cm³/mol. The molecule has 0 aliphatic heterocycles. The number of anilines is 1. The molecule has 0 bridgehead atoms. The van der Waals surface area contributed by atoms with Crippen molar-refractivity contribution in [1.82, 2.24) is 0 Å². The van der Waals surface area contributed by atoms with Crippen LogP contribution in [-0.4, -0.2) is 12.1 Å². The fourth-order valence-electron chi connectivity index (χ4n) is 2.84. The van der Waals surface area contributed by atoms with Crippen LogP contribution in [0, 0.1) is 11.8 Å². The lowest BCUT2D eigenvalue weighted by Crippen LogP contribution is -2.30. The molecule has 1 saturated carbocycles. The van der Waals surface area contributed by atoms with Crippen molar-refractivity contribution in [3.8, 4) is 0 Å². The Morgan fingerprint density at radius 1 is 1.30 bits per heavy atom. The molecule has 4 unspecified atom stereocenters. The molecule has 0 spiro atoms. The lowest BCUT2D eigenvalue weighted by atomic mass is 9.80. The molecule has 1 aliphatic carbocycles. The fraction of sp³-hybridized carbons (Fsp3) is 0.588. The topological polar surface area (TPSA) is 52.3 Å². The number of carbonyl (C=O) groups excluding carboxylic acids is 1. The summed E-state index contributed by atoms with van der Waals surface area (Å²) in [5.41, 5.74) is 7.37. The molecule has 1 aromatic carbocycles. The van der Waals surface area contributed by atoms with Crippen molar-refractivity contribution in [2.45, 2.75) is 52.1 Å². The minimum absolute atomic E-state index is 0.0807. The van der Waals surface area contributed by atoms with Crippen LogP contribution in [0.1, 0.15) is 51.5 Å². The third kappa shape index (κ3) is 3.53. The molecule has 20 heavy (non-hydrogen) atoms. The molecular formula is C17H25NO2. The van der Waals surface area contributed by atoms with Gasteiger partial charge in [-0.3, -0.25) is 4.79 Å². The van der Waals surface area contributed by atoms with E-state index in [-0.39, 0.29) is 18.0 Å². The number of nitrogens with two attached hydrogens (primary N) is 1. The Morgan fingerprint density at radius 2 is 2.05 bits per heavy atom. The Hall–Kier alpha value is -1.51. The fourth-order valence-corrected chi connectivity index (χ4v) is 2.84. The first-order valence-electron chi connectivity index (χ1n) is 7.53. The number of hydrogen-bond acceptors (Lipinski definition) is 3. The standard InChI is InChI=1S/C17H25NO2/c1-11-7-8-16(9-12(11)2)20-17(19)13(3)14-5-4-6-15(18)10-14/h4-6,10-13,16H,7-9,18H2,1-3H3. The molecule has 0 amide bonds. The number of rotatable bonds is 3. The van der Waals surface area contributed by atoms with Crippen LogP contribution in [-0.2, 0) is 9.53 Å². The van der Waals surface area contributed by atoms with Gasteiger partial charge in [0, 0.05) is 5.69 Å². The third-order valence-corrected chi connectivity index (χ3v) is 4.60. The van der Waals surface area contributed by atoms with Gasteiger partial charge >= 0.3 is 5.97 Å². The van der Waals surface area contributed by atoms with Crippen molar-refractivity contribution in [2.75, 3.05) is 5.73 Å². The summed E-state index contributed by atoms with van der Waals surface area (Å²) >= 11 is 0. The van der Waals surface area contributed by atoms with Crippen LogP contribution < -0.4 is 5.73 Å². The first kappa shape index (κ1) is 14.9. The second kappa shape index (κ2) is 6.29. The van der Waals surface area contributed by atoms with Crippen LogP contribution in [0.2, 0.25) is 0 Å². The van der Waals surface area contributed by atoms with E-state index in [1.807, 2.05) is 31.2 Å². The van der Waals surface area contributed by atoms with E-state index in [2.05, 4.69) is 13.8 Å². The van der Waals surface area contributed by atoms with Gasteiger partial charge in [-0.25, -0.2) is 0 Å². The smallest absolute Gasteiger partial charge is 0.313 e. The van der Waals surface area contributed by atoms with E-state index in [0.29, 0.717) is 11.6 Å². The Kier molecular flexibility index (Phi) is 4.69. The minimum Gasteiger partial charge on any atom is -0.462 e. The van der Waals surface area contributed by atoms with Gasteiger partial charge in [0.15, 0.2) is 0 Å². The van der Waals surface area contributed by atoms with Crippen LogP contribution in [0.25, 0.3) is 0 Å². The number of ether oxygens (including phenoxy) is 1. The van der Waals surface area contributed by atoms with Crippen LogP contribution >= 0.6 is 0 Å². The third-order valence-electron chi connectivity index (χ3n) is 4.60. The number of esters is 1. The van der Waals surface area contributed by atoms with Crippen LogP contribution in [0.4, 0.5) is 5.69 Å². The summed E-state index contributed by atoms with van der Waals surface area (Å²) in [5, 5.41) is 0. The SMILES string of the molecule is CC(C(=O)OC1CCC(C)C(C)C1)c1cccc(N)c1. The van der Waals surface area contributed by atoms with Gasteiger partial charge in [0.2, 0.25) is 0 Å². The molecule has 0 aromatic heterocycles. The molecule has 1 aromatic rings. The first-order chi connectivity index (χ1) is 9.47. The highest BCUT2D eigenvalue weighted by atomic mass is 16.5. The summed E-state index contributed by atoms with van der Waals surface area (Å²) in [4.78, 5) is 12.2. The van der Waals surface area contributed by atoms with Crippen molar-refractivity contribution >= 4 is 11.7 Å². The van der Waals surface area contributed by atoms with Gasteiger partial charge in [-0.15, -0.1) is 0 Å². The van der Waals surface area contributed by atoms with Crippen molar-refractivity contribution in [1.29, 1.82) is 0 Å². The highest BCUT2D eigenvalue weighted by Crippen LogP contribution is 2.32. The number of hydrogen-bond donors (Lipinski definition) is 1. The molecule has 3 nitrogen and oxygen atoms in total.